The second-order valence-electron chi connectivity index (χ2n) is 4.32. The molecule has 1 rings (SSSR count). The second kappa shape index (κ2) is 5.84. The number of rotatable bonds is 3. The van der Waals surface area contributed by atoms with Crippen molar-refractivity contribution in [1.29, 1.82) is 0 Å². The van der Waals surface area contributed by atoms with E-state index in [4.69, 9.17) is 4.74 Å². The molecule has 5 nitrogen and oxygen atoms in total. The molecule has 1 atom stereocenters. The van der Waals surface area contributed by atoms with E-state index in [1.807, 2.05) is 0 Å². The van der Waals surface area contributed by atoms with Gasteiger partial charge in [-0.3, -0.25) is 9.59 Å². The van der Waals surface area contributed by atoms with E-state index >= 15 is 0 Å². The highest BCUT2D eigenvalue weighted by molar-refractivity contribution is 5.88. The van der Waals surface area contributed by atoms with Crippen LogP contribution in [0.1, 0.15) is 20.8 Å². The van der Waals surface area contributed by atoms with Crippen LogP contribution in [-0.2, 0) is 14.3 Å². The SMILES string of the molecule is CC(C)C(=O)NC(C)C(=O)N1CCOCC1. The Morgan fingerprint density at radius 2 is 1.75 bits per heavy atom. The summed E-state index contributed by atoms with van der Waals surface area (Å²) in [4.78, 5) is 25.1. The van der Waals surface area contributed by atoms with Gasteiger partial charge < -0.3 is 15.0 Å². The van der Waals surface area contributed by atoms with Crippen LogP contribution in [0.4, 0.5) is 0 Å². The summed E-state index contributed by atoms with van der Waals surface area (Å²) in [7, 11) is 0. The topological polar surface area (TPSA) is 58.6 Å². The van der Waals surface area contributed by atoms with Gasteiger partial charge in [0.25, 0.3) is 0 Å². The van der Waals surface area contributed by atoms with Crippen molar-refractivity contribution >= 4 is 11.8 Å². The van der Waals surface area contributed by atoms with E-state index in [1.165, 1.54) is 0 Å². The van der Waals surface area contributed by atoms with Crippen LogP contribution in [0, 0.1) is 5.92 Å². The average Bonchev–Trinajstić information content (AvgIpc) is 2.28. The van der Waals surface area contributed by atoms with Gasteiger partial charge in [0.1, 0.15) is 6.04 Å². The number of hydrogen-bond donors (Lipinski definition) is 1. The molecule has 0 aromatic rings. The summed E-state index contributed by atoms with van der Waals surface area (Å²) in [6, 6.07) is -0.451. The highest BCUT2D eigenvalue weighted by Gasteiger charge is 2.24. The number of carbonyl (C=O) groups is 2. The van der Waals surface area contributed by atoms with Crippen molar-refractivity contribution in [2.75, 3.05) is 26.3 Å². The Morgan fingerprint density at radius 3 is 2.25 bits per heavy atom. The van der Waals surface area contributed by atoms with E-state index in [-0.39, 0.29) is 17.7 Å². The number of nitrogens with one attached hydrogen (secondary N) is 1. The van der Waals surface area contributed by atoms with Crippen LogP contribution >= 0.6 is 0 Å². The summed E-state index contributed by atoms with van der Waals surface area (Å²) in [5.41, 5.74) is 0. The maximum atomic E-state index is 11.9. The highest BCUT2D eigenvalue weighted by Crippen LogP contribution is 2.01. The van der Waals surface area contributed by atoms with Crippen molar-refractivity contribution in [2.45, 2.75) is 26.8 Å². The average molecular weight is 228 g/mol. The molecule has 5 heteroatoms. The van der Waals surface area contributed by atoms with Gasteiger partial charge in [-0.05, 0) is 6.92 Å². The molecular weight excluding hydrogens is 208 g/mol. The molecule has 92 valence electrons. The van der Waals surface area contributed by atoms with E-state index < -0.39 is 6.04 Å². The molecule has 1 heterocycles. The standard InChI is InChI=1S/C11H20N2O3/c1-8(2)10(14)12-9(3)11(15)13-4-6-16-7-5-13/h8-9H,4-7H2,1-3H3,(H,12,14). The maximum absolute atomic E-state index is 11.9. The molecule has 1 aliphatic rings. The zero-order chi connectivity index (χ0) is 12.1. The van der Waals surface area contributed by atoms with Gasteiger partial charge in [0.05, 0.1) is 13.2 Å². The molecule has 0 saturated carbocycles. The van der Waals surface area contributed by atoms with Crippen LogP contribution in [-0.4, -0.2) is 49.1 Å². The lowest BCUT2D eigenvalue weighted by Gasteiger charge is -2.29. The van der Waals surface area contributed by atoms with Crippen molar-refractivity contribution in [1.82, 2.24) is 10.2 Å². The molecule has 2 amide bonds. The molecule has 1 saturated heterocycles. The Labute approximate surface area is 96.1 Å². The van der Waals surface area contributed by atoms with E-state index in [0.717, 1.165) is 0 Å². The van der Waals surface area contributed by atoms with Gasteiger partial charge in [-0.15, -0.1) is 0 Å². The quantitative estimate of drug-likeness (QED) is 0.740. The minimum absolute atomic E-state index is 0.0303. The minimum atomic E-state index is -0.451. The second-order valence-corrected chi connectivity index (χ2v) is 4.32. The Bertz CT molecular complexity index is 260. The Balaban J connectivity index is 2.43. The van der Waals surface area contributed by atoms with Gasteiger partial charge >= 0.3 is 0 Å². The first-order valence-corrected chi connectivity index (χ1v) is 5.69. The van der Waals surface area contributed by atoms with Gasteiger partial charge in [0.15, 0.2) is 0 Å². The van der Waals surface area contributed by atoms with Crippen LogP contribution < -0.4 is 5.32 Å². The summed E-state index contributed by atoms with van der Waals surface area (Å²) in [5.74, 6) is -0.216. The zero-order valence-corrected chi connectivity index (χ0v) is 10.2. The van der Waals surface area contributed by atoms with Gasteiger partial charge in [-0.25, -0.2) is 0 Å². The fourth-order valence-electron chi connectivity index (χ4n) is 1.50. The lowest BCUT2D eigenvalue weighted by atomic mass is 10.2. The number of ether oxygens (including phenoxy) is 1. The molecule has 0 spiro atoms. The normalized spacial score (nSPS) is 18.4. The van der Waals surface area contributed by atoms with Crippen LogP contribution in [0.5, 0.6) is 0 Å². The van der Waals surface area contributed by atoms with Gasteiger partial charge in [-0.1, -0.05) is 13.8 Å². The van der Waals surface area contributed by atoms with Crippen molar-refractivity contribution in [2.24, 2.45) is 5.92 Å². The Kier molecular flexibility index (Phi) is 4.73. The summed E-state index contributed by atoms with van der Waals surface area (Å²) in [6.45, 7) is 7.72. The summed E-state index contributed by atoms with van der Waals surface area (Å²) < 4.78 is 5.17. The molecule has 1 aliphatic heterocycles. The molecule has 0 aromatic heterocycles. The van der Waals surface area contributed by atoms with Crippen molar-refractivity contribution < 1.29 is 14.3 Å². The van der Waals surface area contributed by atoms with E-state index in [9.17, 15) is 9.59 Å². The first-order valence-electron chi connectivity index (χ1n) is 5.69. The van der Waals surface area contributed by atoms with Gasteiger partial charge in [0.2, 0.25) is 11.8 Å². The summed E-state index contributed by atoms with van der Waals surface area (Å²) in [5, 5.41) is 2.71. The fourth-order valence-corrected chi connectivity index (χ4v) is 1.50. The number of hydrogen-bond acceptors (Lipinski definition) is 3. The molecule has 0 aliphatic carbocycles. The number of nitrogens with zero attached hydrogens (tertiary/aromatic N) is 1. The molecule has 0 aromatic carbocycles. The number of carbonyl (C=O) groups excluding carboxylic acids is 2. The predicted molar refractivity (Wildman–Crippen MR) is 59.8 cm³/mol. The Hall–Kier alpha value is -1.10. The number of morpholine rings is 1. The molecule has 16 heavy (non-hydrogen) atoms. The molecule has 1 fully saturated rings. The largest absolute Gasteiger partial charge is 0.378 e. The van der Waals surface area contributed by atoms with E-state index in [0.29, 0.717) is 26.3 Å². The zero-order valence-electron chi connectivity index (χ0n) is 10.2. The third-order valence-corrected chi connectivity index (χ3v) is 2.58. The molecule has 1 unspecified atom stereocenters. The molecule has 0 bridgehead atoms. The summed E-state index contributed by atoms with van der Waals surface area (Å²) in [6.07, 6.45) is 0. The molecule has 1 N–H and O–H groups in total. The van der Waals surface area contributed by atoms with Crippen molar-refractivity contribution in [3.63, 3.8) is 0 Å². The van der Waals surface area contributed by atoms with Crippen molar-refractivity contribution in [3.8, 4) is 0 Å². The third kappa shape index (κ3) is 3.48. The van der Waals surface area contributed by atoms with E-state index in [2.05, 4.69) is 5.32 Å². The smallest absolute Gasteiger partial charge is 0.245 e. The summed E-state index contributed by atoms with van der Waals surface area (Å²) >= 11 is 0. The van der Waals surface area contributed by atoms with Gasteiger partial charge in [0, 0.05) is 19.0 Å². The first-order chi connectivity index (χ1) is 7.52. The number of amides is 2. The maximum Gasteiger partial charge on any atom is 0.245 e. The monoisotopic (exact) mass is 228 g/mol. The lowest BCUT2D eigenvalue weighted by molar-refractivity contribution is -0.139. The lowest BCUT2D eigenvalue weighted by Crippen LogP contribution is -2.51. The molecule has 0 radical (unpaired) electrons. The fraction of sp³-hybridized carbons (Fsp3) is 0.818. The minimum Gasteiger partial charge on any atom is -0.378 e. The van der Waals surface area contributed by atoms with Crippen molar-refractivity contribution in [3.05, 3.63) is 0 Å². The van der Waals surface area contributed by atoms with Crippen LogP contribution in [0.15, 0.2) is 0 Å². The predicted octanol–water partition coefficient (Wildman–Crippen LogP) is 0.00590. The van der Waals surface area contributed by atoms with Crippen LogP contribution in [0.2, 0.25) is 0 Å². The first kappa shape index (κ1) is 13.0. The highest BCUT2D eigenvalue weighted by atomic mass is 16.5. The van der Waals surface area contributed by atoms with Gasteiger partial charge in [-0.2, -0.15) is 0 Å². The Morgan fingerprint density at radius 1 is 1.19 bits per heavy atom. The van der Waals surface area contributed by atoms with E-state index in [1.54, 1.807) is 25.7 Å². The van der Waals surface area contributed by atoms with Crippen LogP contribution in [0.25, 0.3) is 0 Å². The van der Waals surface area contributed by atoms with Crippen LogP contribution in [0.3, 0.4) is 0 Å². The third-order valence-electron chi connectivity index (χ3n) is 2.58. The molecular formula is C11H20N2O3.